The summed E-state index contributed by atoms with van der Waals surface area (Å²) in [7, 11) is 0. The number of rotatable bonds is 7. The van der Waals surface area contributed by atoms with Gasteiger partial charge in [-0.15, -0.1) is 11.8 Å². The van der Waals surface area contributed by atoms with Crippen molar-refractivity contribution in [3.63, 3.8) is 0 Å². The number of hydrogen-bond acceptors (Lipinski definition) is 5. The van der Waals surface area contributed by atoms with Crippen LogP contribution in [0.4, 0.5) is 10.5 Å². The maximum Gasteiger partial charge on any atom is 0.412 e. The fourth-order valence-corrected chi connectivity index (χ4v) is 3.48. The molecule has 3 N–H and O–H groups in total. The van der Waals surface area contributed by atoms with E-state index in [2.05, 4.69) is 5.32 Å². The zero-order chi connectivity index (χ0) is 21.5. The van der Waals surface area contributed by atoms with Crippen LogP contribution in [0.5, 0.6) is 5.75 Å². The van der Waals surface area contributed by atoms with Crippen LogP contribution in [0.25, 0.3) is 10.8 Å². The monoisotopic (exact) mass is 423 g/mol. The number of phenols is 1. The predicted molar refractivity (Wildman–Crippen MR) is 118 cm³/mol. The maximum absolute atomic E-state index is 12.5. The molecule has 6 nitrogen and oxygen atoms in total. The van der Waals surface area contributed by atoms with E-state index >= 15 is 0 Å². The molecule has 30 heavy (non-hydrogen) atoms. The van der Waals surface area contributed by atoms with Crippen LogP contribution in [0.1, 0.15) is 18.1 Å². The highest BCUT2D eigenvalue weighted by atomic mass is 32.2. The first-order valence-electron chi connectivity index (χ1n) is 9.19. The largest absolute Gasteiger partial charge is 0.507 e. The summed E-state index contributed by atoms with van der Waals surface area (Å²) in [5.41, 5.74) is 1.26. The minimum absolute atomic E-state index is 0.118. The molecule has 0 fully saturated rings. The van der Waals surface area contributed by atoms with Gasteiger partial charge in [0.2, 0.25) is 0 Å². The number of carboxylic acids is 1. The number of carboxylic acid groups (broad SMARTS) is 1. The van der Waals surface area contributed by atoms with Crippen LogP contribution in [0.2, 0.25) is 0 Å². The van der Waals surface area contributed by atoms with Gasteiger partial charge in [0.05, 0.1) is 0 Å². The quantitative estimate of drug-likeness (QED) is 0.339. The van der Waals surface area contributed by atoms with Crippen molar-refractivity contribution in [2.75, 3.05) is 11.6 Å². The molecule has 0 heterocycles. The topological polar surface area (TPSA) is 95.9 Å². The van der Waals surface area contributed by atoms with Gasteiger partial charge >= 0.3 is 12.1 Å². The third-order valence-electron chi connectivity index (χ3n) is 4.48. The molecule has 0 aliphatic heterocycles. The average Bonchev–Trinajstić information content (AvgIpc) is 2.74. The van der Waals surface area contributed by atoms with Crippen molar-refractivity contribution in [3.05, 3.63) is 78.4 Å². The molecular weight excluding hydrogens is 402 g/mol. The molecule has 0 unspecified atom stereocenters. The zero-order valence-corrected chi connectivity index (χ0v) is 17.1. The van der Waals surface area contributed by atoms with Gasteiger partial charge in [-0.1, -0.05) is 36.4 Å². The lowest BCUT2D eigenvalue weighted by Gasteiger charge is -2.19. The number of hydrogen-bond donors (Lipinski definition) is 3. The second kappa shape index (κ2) is 9.84. The molecule has 154 valence electrons. The standard InChI is InChI=1S/C23H21NO5S/c1-30-16-11-9-15(10-12-16)24-23(28)29-21(7-4-8-22(26)27)19-13-14-20(25)18-6-3-2-5-17(18)19/h2-6,8-14,21,25H,7H2,1H3,(H,24,28)(H,26,27)/b8-4+/t21-/m1/s1. The lowest BCUT2D eigenvalue weighted by atomic mass is 9.97. The van der Waals surface area contributed by atoms with E-state index in [9.17, 15) is 14.7 Å². The summed E-state index contributed by atoms with van der Waals surface area (Å²) in [5.74, 6) is -0.963. The second-order valence-electron chi connectivity index (χ2n) is 6.44. The molecule has 0 aromatic heterocycles. The molecule has 0 spiro atoms. The number of nitrogens with one attached hydrogen (secondary N) is 1. The van der Waals surface area contributed by atoms with E-state index in [4.69, 9.17) is 9.84 Å². The normalized spacial score (nSPS) is 12.0. The Labute approximate surface area is 178 Å². The van der Waals surface area contributed by atoms with Crippen molar-refractivity contribution in [2.45, 2.75) is 17.4 Å². The number of aliphatic carboxylic acids is 1. The maximum atomic E-state index is 12.5. The number of benzene rings is 3. The van der Waals surface area contributed by atoms with Crippen LogP contribution in [0.15, 0.2) is 77.7 Å². The van der Waals surface area contributed by atoms with Gasteiger partial charge < -0.3 is 14.9 Å². The molecule has 1 amide bonds. The van der Waals surface area contributed by atoms with Gasteiger partial charge in [-0.05, 0) is 42.0 Å². The van der Waals surface area contributed by atoms with Crippen LogP contribution >= 0.6 is 11.8 Å². The van der Waals surface area contributed by atoms with Crippen LogP contribution in [0, 0.1) is 0 Å². The molecule has 3 aromatic carbocycles. The number of anilines is 1. The number of carbonyl (C=O) groups is 2. The SMILES string of the molecule is CSc1ccc(NC(=O)O[C@H](C/C=C/C(=O)O)c2ccc(O)c3ccccc23)cc1. The Morgan fingerprint density at radius 2 is 1.77 bits per heavy atom. The highest BCUT2D eigenvalue weighted by molar-refractivity contribution is 7.98. The third kappa shape index (κ3) is 5.33. The highest BCUT2D eigenvalue weighted by Crippen LogP contribution is 2.34. The van der Waals surface area contributed by atoms with Gasteiger partial charge in [0.25, 0.3) is 0 Å². The van der Waals surface area contributed by atoms with Crippen molar-refractivity contribution in [1.82, 2.24) is 0 Å². The van der Waals surface area contributed by atoms with Crippen molar-refractivity contribution in [3.8, 4) is 5.75 Å². The van der Waals surface area contributed by atoms with E-state index in [1.165, 1.54) is 12.1 Å². The average molecular weight is 423 g/mol. The Kier molecular flexibility index (Phi) is 6.98. The van der Waals surface area contributed by atoms with Crippen molar-refractivity contribution < 1.29 is 24.5 Å². The summed E-state index contributed by atoms with van der Waals surface area (Å²) in [6, 6.07) is 17.8. The number of amides is 1. The van der Waals surface area contributed by atoms with Crippen LogP contribution in [0.3, 0.4) is 0 Å². The molecule has 0 saturated carbocycles. The number of phenolic OH excluding ortho intramolecular Hbond substituents is 1. The smallest absolute Gasteiger partial charge is 0.412 e. The van der Waals surface area contributed by atoms with Crippen molar-refractivity contribution in [1.29, 1.82) is 0 Å². The summed E-state index contributed by atoms with van der Waals surface area (Å²) in [6.07, 6.45) is 3.19. The molecule has 0 aliphatic carbocycles. The first-order chi connectivity index (χ1) is 14.5. The summed E-state index contributed by atoms with van der Waals surface area (Å²) in [5, 5.41) is 23.1. The lowest BCUT2D eigenvalue weighted by Crippen LogP contribution is -2.17. The molecule has 0 bridgehead atoms. The Morgan fingerprint density at radius 1 is 1.07 bits per heavy atom. The number of thioether (sulfide) groups is 1. The van der Waals surface area contributed by atoms with Crippen LogP contribution in [-0.2, 0) is 9.53 Å². The minimum Gasteiger partial charge on any atom is -0.507 e. The molecule has 0 aliphatic rings. The molecule has 3 aromatic rings. The number of fused-ring (bicyclic) bond motifs is 1. The van der Waals surface area contributed by atoms with Gasteiger partial charge in [-0.25, -0.2) is 9.59 Å². The van der Waals surface area contributed by atoms with E-state index in [0.29, 0.717) is 16.6 Å². The van der Waals surface area contributed by atoms with Gasteiger partial charge in [0.1, 0.15) is 11.9 Å². The molecule has 1 atom stereocenters. The zero-order valence-electron chi connectivity index (χ0n) is 16.2. The van der Waals surface area contributed by atoms with E-state index in [1.807, 2.05) is 30.5 Å². The van der Waals surface area contributed by atoms with Crippen molar-refractivity contribution in [2.24, 2.45) is 0 Å². The summed E-state index contributed by atoms with van der Waals surface area (Å²) in [4.78, 5) is 24.4. The number of carbonyl (C=O) groups excluding carboxylic acids is 1. The molecule has 0 radical (unpaired) electrons. The van der Waals surface area contributed by atoms with Gasteiger partial charge in [-0.2, -0.15) is 0 Å². The predicted octanol–water partition coefficient (Wildman–Crippen LogP) is 5.59. The number of aromatic hydroxyl groups is 1. The van der Waals surface area contributed by atoms with Gasteiger partial charge in [0.15, 0.2) is 0 Å². The van der Waals surface area contributed by atoms with Crippen LogP contribution in [-0.4, -0.2) is 28.5 Å². The summed E-state index contributed by atoms with van der Waals surface area (Å²) >= 11 is 1.60. The third-order valence-corrected chi connectivity index (χ3v) is 5.22. The molecule has 7 heteroatoms. The Morgan fingerprint density at radius 3 is 2.43 bits per heavy atom. The minimum atomic E-state index is -1.08. The van der Waals surface area contributed by atoms with Crippen LogP contribution < -0.4 is 5.32 Å². The molecule has 0 saturated heterocycles. The Balaban J connectivity index is 1.86. The van der Waals surface area contributed by atoms with E-state index in [1.54, 1.807) is 42.1 Å². The summed E-state index contributed by atoms with van der Waals surface area (Å²) < 4.78 is 5.65. The second-order valence-corrected chi connectivity index (χ2v) is 7.32. The first kappa shape index (κ1) is 21.3. The van der Waals surface area contributed by atoms with Crippen molar-refractivity contribution >= 4 is 40.3 Å². The Bertz CT molecular complexity index is 1080. The lowest BCUT2D eigenvalue weighted by molar-refractivity contribution is -0.131. The molecular formula is C23H21NO5S. The van der Waals surface area contributed by atoms with Gasteiger partial charge in [-0.3, -0.25) is 5.32 Å². The fourth-order valence-electron chi connectivity index (χ4n) is 3.07. The fraction of sp³-hybridized carbons (Fsp3) is 0.130. The van der Waals surface area contributed by atoms with E-state index in [-0.39, 0.29) is 12.2 Å². The van der Waals surface area contributed by atoms with E-state index < -0.39 is 18.2 Å². The highest BCUT2D eigenvalue weighted by Gasteiger charge is 2.19. The summed E-state index contributed by atoms with van der Waals surface area (Å²) in [6.45, 7) is 0. The van der Waals surface area contributed by atoms with E-state index in [0.717, 1.165) is 16.4 Å². The van der Waals surface area contributed by atoms with Gasteiger partial charge in [0, 0.05) is 34.0 Å². The number of ether oxygens (including phenoxy) is 1. The Hall–Kier alpha value is -3.45. The molecule has 3 rings (SSSR count). The first-order valence-corrected chi connectivity index (χ1v) is 10.4.